The van der Waals surface area contributed by atoms with Gasteiger partial charge in [-0.15, -0.1) is 0 Å². The Kier molecular flexibility index (Phi) is 5.00. The van der Waals surface area contributed by atoms with E-state index >= 15 is 0 Å². The molecule has 3 fully saturated rings. The van der Waals surface area contributed by atoms with Gasteiger partial charge in [-0.05, 0) is 62.7 Å². The van der Waals surface area contributed by atoms with E-state index in [4.69, 9.17) is 4.99 Å². The van der Waals surface area contributed by atoms with Crippen molar-refractivity contribution in [1.82, 2.24) is 19.8 Å². The fourth-order valence-corrected chi connectivity index (χ4v) is 4.44. The van der Waals surface area contributed by atoms with Crippen molar-refractivity contribution in [2.24, 2.45) is 28.7 Å². The average molecular weight is 344 g/mol. The van der Waals surface area contributed by atoms with Gasteiger partial charge < -0.3 is 14.8 Å². The summed E-state index contributed by atoms with van der Waals surface area (Å²) in [6.45, 7) is 8.64. The number of hydrogen-bond donors (Lipinski definition) is 1. The second-order valence-corrected chi connectivity index (χ2v) is 8.32. The van der Waals surface area contributed by atoms with E-state index in [9.17, 15) is 0 Å². The number of hydrogen-bond acceptors (Lipinski definition) is 2. The summed E-state index contributed by atoms with van der Waals surface area (Å²) in [5.41, 5.74) is 0. The molecule has 1 saturated heterocycles. The number of imidazole rings is 1. The molecule has 25 heavy (non-hydrogen) atoms. The van der Waals surface area contributed by atoms with Crippen molar-refractivity contribution in [3.05, 3.63) is 18.7 Å². The maximum atomic E-state index is 5.11. The molecule has 2 heterocycles. The standard InChI is InChI=1S/C20H33N5/c1-3-22-20(23-12-18(16-4-5-16)17-6-7-17)24-10-8-15(2)19(13-24)25-11-9-21-14-25/h9,11,14-19H,3-8,10,12-13H2,1-2H3,(H,22,23). The van der Waals surface area contributed by atoms with Crippen LogP contribution in [-0.4, -0.2) is 46.6 Å². The van der Waals surface area contributed by atoms with Crippen LogP contribution < -0.4 is 5.32 Å². The van der Waals surface area contributed by atoms with E-state index in [1.165, 1.54) is 32.1 Å². The molecule has 3 aliphatic rings. The molecule has 0 aromatic carbocycles. The zero-order chi connectivity index (χ0) is 17.2. The van der Waals surface area contributed by atoms with Gasteiger partial charge in [0, 0.05) is 38.6 Å². The Bertz CT molecular complexity index is 561. The third kappa shape index (κ3) is 4.01. The Morgan fingerprint density at radius 1 is 1.24 bits per heavy atom. The van der Waals surface area contributed by atoms with Crippen LogP contribution in [0.4, 0.5) is 0 Å². The number of nitrogens with zero attached hydrogens (tertiary/aromatic N) is 4. The highest BCUT2D eigenvalue weighted by Crippen LogP contribution is 2.49. The van der Waals surface area contributed by atoms with Gasteiger partial charge in [-0.2, -0.15) is 0 Å². The second-order valence-electron chi connectivity index (χ2n) is 8.32. The maximum Gasteiger partial charge on any atom is 0.193 e. The lowest BCUT2D eigenvalue weighted by Crippen LogP contribution is -2.49. The molecule has 5 heteroatoms. The van der Waals surface area contributed by atoms with E-state index in [-0.39, 0.29) is 0 Å². The summed E-state index contributed by atoms with van der Waals surface area (Å²) < 4.78 is 2.28. The first kappa shape index (κ1) is 16.9. The van der Waals surface area contributed by atoms with Gasteiger partial charge in [-0.1, -0.05) is 6.92 Å². The zero-order valence-electron chi connectivity index (χ0n) is 15.8. The molecule has 2 atom stereocenters. The van der Waals surface area contributed by atoms with Gasteiger partial charge in [0.1, 0.15) is 0 Å². The molecule has 0 amide bonds. The number of aliphatic imine (C=N–C) groups is 1. The largest absolute Gasteiger partial charge is 0.357 e. The molecule has 4 rings (SSSR count). The molecular weight excluding hydrogens is 310 g/mol. The highest BCUT2D eigenvalue weighted by Gasteiger charge is 2.41. The van der Waals surface area contributed by atoms with Crippen LogP contribution in [0.2, 0.25) is 0 Å². The number of nitrogens with one attached hydrogen (secondary N) is 1. The van der Waals surface area contributed by atoms with Crippen molar-refractivity contribution < 1.29 is 0 Å². The fourth-order valence-electron chi connectivity index (χ4n) is 4.44. The molecule has 2 unspecified atom stereocenters. The number of piperidine rings is 1. The van der Waals surface area contributed by atoms with Gasteiger partial charge in [0.2, 0.25) is 0 Å². The average Bonchev–Trinajstić information content (AvgIpc) is 3.55. The highest BCUT2D eigenvalue weighted by molar-refractivity contribution is 5.80. The number of aromatic nitrogens is 2. The first-order valence-corrected chi connectivity index (χ1v) is 10.3. The Morgan fingerprint density at radius 2 is 2.00 bits per heavy atom. The Labute approximate surface area is 151 Å². The first-order valence-electron chi connectivity index (χ1n) is 10.3. The van der Waals surface area contributed by atoms with Gasteiger partial charge in [-0.3, -0.25) is 4.99 Å². The Balaban J connectivity index is 1.44. The maximum absolute atomic E-state index is 5.11. The van der Waals surface area contributed by atoms with Crippen LogP contribution in [0.15, 0.2) is 23.7 Å². The zero-order valence-corrected chi connectivity index (χ0v) is 15.8. The summed E-state index contributed by atoms with van der Waals surface area (Å²) in [5, 5.41) is 3.56. The van der Waals surface area contributed by atoms with Gasteiger partial charge in [0.25, 0.3) is 0 Å². The Hall–Kier alpha value is -1.52. The van der Waals surface area contributed by atoms with Crippen LogP contribution in [0.25, 0.3) is 0 Å². The minimum absolute atomic E-state index is 0.489. The predicted molar refractivity (Wildman–Crippen MR) is 102 cm³/mol. The highest BCUT2D eigenvalue weighted by atomic mass is 15.3. The van der Waals surface area contributed by atoms with Gasteiger partial charge in [-0.25, -0.2) is 4.98 Å². The lowest BCUT2D eigenvalue weighted by molar-refractivity contribution is 0.188. The first-order chi connectivity index (χ1) is 12.3. The minimum Gasteiger partial charge on any atom is -0.357 e. The van der Waals surface area contributed by atoms with E-state index in [0.717, 1.165) is 49.9 Å². The molecule has 0 bridgehead atoms. The minimum atomic E-state index is 0.489. The monoisotopic (exact) mass is 343 g/mol. The normalized spacial score (nSPS) is 27.8. The predicted octanol–water partition coefficient (Wildman–Crippen LogP) is 3.17. The topological polar surface area (TPSA) is 45.5 Å². The van der Waals surface area contributed by atoms with E-state index in [2.05, 4.69) is 39.8 Å². The molecule has 2 aliphatic carbocycles. The fraction of sp³-hybridized carbons (Fsp3) is 0.800. The third-order valence-corrected chi connectivity index (χ3v) is 6.37. The lowest BCUT2D eigenvalue weighted by Gasteiger charge is -2.39. The summed E-state index contributed by atoms with van der Waals surface area (Å²) in [4.78, 5) is 11.8. The van der Waals surface area contributed by atoms with Crippen molar-refractivity contribution in [2.45, 2.75) is 52.0 Å². The molecule has 1 N–H and O–H groups in total. The van der Waals surface area contributed by atoms with Crippen molar-refractivity contribution in [3.8, 4) is 0 Å². The van der Waals surface area contributed by atoms with Crippen molar-refractivity contribution in [3.63, 3.8) is 0 Å². The smallest absolute Gasteiger partial charge is 0.193 e. The molecule has 0 radical (unpaired) electrons. The Morgan fingerprint density at radius 3 is 2.60 bits per heavy atom. The van der Waals surface area contributed by atoms with E-state index in [1.807, 2.05) is 12.5 Å². The SMILES string of the molecule is CCNC(=NCC(C1CC1)C1CC1)N1CCC(C)C(n2ccnc2)C1. The summed E-state index contributed by atoms with van der Waals surface area (Å²) in [6.07, 6.45) is 12.9. The van der Waals surface area contributed by atoms with Crippen LogP contribution in [0.1, 0.15) is 52.0 Å². The van der Waals surface area contributed by atoms with E-state index in [0.29, 0.717) is 12.0 Å². The molecule has 1 aromatic heterocycles. The summed E-state index contributed by atoms with van der Waals surface area (Å²) >= 11 is 0. The molecule has 5 nitrogen and oxygen atoms in total. The van der Waals surface area contributed by atoms with Crippen molar-refractivity contribution in [1.29, 1.82) is 0 Å². The number of likely N-dealkylation sites (tertiary alicyclic amines) is 1. The summed E-state index contributed by atoms with van der Waals surface area (Å²) in [7, 11) is 0. The van der Waals surface area contributed by atoms with Gasteiger partial charge >= 0.3 is 0 Å². The van der Waals surface area contributed by atoms with Crippen LogP contribution >= 0.6 is 0 Å². The molecule has 138 valence electrons. The van der Waals surface area contributed by atoms with Crippen LogP contribution in [0.5, 0.6) is 0 Å². The molecule has 2 saturated carbocycles. The van der Waals surface area contributed by atoms with Crippen LogP contribution in [0, 0.1) is 23.7 Å². The van der Waals surface area contributed by atoms with E-state index in [1.54, 1.807) is 0 Å². The van der Waals surface area contributed by atoms with Gasteiger partial charge in [0.15, 0.2) is 5.96 Å². The molecule has 0 spiro atoms. The number of guanidine groups is 1. The molecule has 1 aliphatic heterocycles. The van der Waals surface area contributed by atoms with Gasteiger partial charge in [0.05, 0.1) is 12.4 Å². The molecular formula is C20H33N5. The quantitative estimate of drug-likeness (QED) is 0.637. The number of rotatable bonds is 6. The lowest BCUT2D eigenvalue weighted by atomic mass is 9.93. The van der Waals surface area contributed by atoms with Crippen molar-refractivity contribution >= 4 is 5.96 Å². The van der Waals surface area contributed by atoms with Crippen LogP contribution in [-0.2, 0) is 0 Å². The molecule has 1 aromatic rings. The third-order valence-electron chi connectivity index (χ3n) is 6.37. The van der Waals surface area contributed by atoms with E-state index < -0.39 is 0 Å². The second kappa shape index (κ2) is 7.38. The summed E-state index contributed by atoms with van der Waals surface area (Å²) in [5.74, 6) is 4.60. The van der Waals surface area contributed by atoms with Crippen molar-refractivity contribution in [2.75, 3.05) is 26.2 Å². The van der Waals surface area contributed by atoms with Crippen LogP contribution in [0.3, 0.4) is 0 Å². The summed E-state index contributed by atoms with van der Waals surface area (Å²) in [6, 6.07) is 0.489.